The Kier molecular flexibility index (Phi) is 5.33. The molecule has 1 amide bonds. The molecule has 0 bridgehead atoms. The van der Waals surface area contributed by atoms with Crippen molar-refractivity contribution in [3.63, 3.8) is 0 Å². The van der Waals surface area contributed by atoms with Crippen LogP contribution in [0, 0.1) is 0 Å². The average molecular weight is 414 g/mol. The first-order valence-electron chi connectivity index (χ1n) is 9.60. The summed E-state index contributed by atoms with van der Waals surface area (Å²) in [6, 6.07) is 10.3. The van der Waals surface area contributed by atoms with Crippen LogP contribution in [0.3, 0.4) is 0 Å². The maximum atomic E-state index is 12.7. The zero-order valence-corrected chi connectivity index (χ0v) is 16.7. The molecule has 2 aromatic heterocycles. The minimum absolute atomic E-state index is 0.0766. The van der Waals surface area contributed by atoms with Crippen LogP contribution in [-0.2, 0) is 21.2 Å². The van der Waals surface area contributed by atoms with E-state index in [1.165, 1.54) is 12.1 Å². The molecule has 0 aliphatic carbocycles. The number of carbonyl (C=O) groups is 1. The van der Waals surface area contributed by atoms with Gasteiger partial charge in [0.25, 0.3) is 0 Å². The molecular formula is C20H23N5O3S. The lowest BCUT2D eigenvalue weighted by molar-refractivity contribution is -0.132. The van der Waals surface area contributed by atoms with E-state index in [9.17, 15) is 13.2 Å². The summed E-state index contributed by atoms with van der Waals surface area (Å²) in [6.45, 7) is 1.42. The third-order valence-corrected chi connectivity index (χ3v) is 6.35. The largest absolute Gasteiger partial charge is 0.342 e. The molecular weight excluding hydrogens is 390 g/mol. The van der Waals surface area contributed by atoms with Crippen molar-refractivity contribution in [2.24, 2.45) is 5.14 Å². The van der Waals surface area contributed by atoms with Crippen LogP contribution in [0.25, 0.3) is 11.0 Å². The third kappa shape index (κ3) is 4.30. The number of likely N-dealkylation sites (tertiary alicyclic amines) is 1. The number of nitrogens with two attached hydrogens (primary N) is 1. The molecule has 0 saturated carbocycles. The standard InChI is InChI=1S/C20H23N5O3S/c21-29(27,28)16-8-5-14(6-9-16)7-10-18(26)25-12-2-3-15(13-25)19-17-4-1-11-22-20(17)24-23-19/h1,4-6,8-9,11,15H,2-3,7,10,12-13H2,(H2,21,27,28)(H,22,23,24)/t15-/m1/s1. The van der Waals surface area contributed by atoms with E-state index < -0.39 is 10.0 Å². The van der Waals surface area contributed by atoms with Crippen molar-refractivity contribution in [1.82, 2.24) is 20.1 Å². The fraction of sp³-hybridized carbons (Fsp3) is 0.350. The SMILES string of the molecule is NS(=O)(=O)c1ccc(CCC(=O)N2CCC[C@@H](c3[nH]nc4ncccc34)C2)cc1. The van der Waals surface area contributed by atoms with Gasteiger partial charge in [0, 0.05) is 42.7 Å². The minimum Gasteiger partial charge on any atom is -0.342 e. The maximum Gasteiger partial charge on any atom is 0.238 e. The molecule has 1 aliphatic heterocycles. The van der Waals surface area contributed by atoms with E-state index in [0.29, 0.717) is 25.0 Å². The Balaban J connectivity index is 1.39. The summed E-state index contributed by atoms with van der Waals surface area (Å²) in [6.07, 6.45) is 4.61. The summed E-state index contributed by atoms with van der Waals surface area (Å²) in [4.78, 5) is 19.0. The lowest BCUT2D eigenvalue weighted by Gasteiger charge is -2.32. The number of hydrogen-bond donors (Lipinski definition) is 2. The molecule has 0 radical (unpaired) electrons. The first-order valence-corrected chi connectivity index (χ1v) is 11.1. The molecule has 8 nitrogen and oxygen atoms in total. The molecule has 1 atom stereocenters. The van der Waals surface area contributed by atoms with Gasteiger partial charge in [-0.3, -0.25) is 9.89 Å². The van der Waals surface area contributed by atoms with Crippen molar-refractivity contribution in [2.45, 2.75) is 36.5 Å². The van der Waals surface area contributed by atoms with E-state index in [-0.39, 0.29) is 16.7 Å². The molecule has 1 aromatic carbocycles. The number of carbonyl (C=O) groups excluding carboxylic acids is 1. The topological polar surface area (TPSA) is 122 Å². The Bertz CT molecular complexity index is 1120. The van der Waals surface area contributed by atoms with Gasteiger partial charge in [-0.1, -0.05) is 12.1 Å². The predicted octanol–water partition coefficient (Wildman–Crippen LogP) is 1.94. The molecule has 1 saturated heterocycles. The summed E-state index contributed by atoms with van der Waals surface area (Å²) in [5.74, 6) is 0.322. The average Bonchev–Trinajstić information content (AvgIpc) is 3.16. The number of primary sulfonamides is 1. The number of sulfonamides is 1. The molecule has 1 fully saturated rings. The third-order valence-electron chi connectivity index (χ3n) is 5.42. The number of pyridine rings is 1. The molecule has 3 heterocycles. The fourth-order valence-electron chi connectivity index (χ4n) is 3.88. The molecule has 3 aromatic rings. The number of nitrogens with one attached hydrogen (secondary N) is 1. The minimum atomic E-state index is -3.70. The molecule has 0 unspecified atom stereocenters. The van der Waals surface area contributed by atoms with Crippen LogP contribution in [-0.4, -0.2) is 47.5 Å². The number of piperidine rings is 1. The van der Waals surface area contributed by atoms with Gasteiger partial charge in [-0.15, -0.1) is 0 Å². The molecule has 29 heavy (non-hydrogen) atoms. The highest BCUT2D eigenvalue weighted by Gasteiger charge is 2.27. The Morgan fingerprint density at radius 3 is 2.79 bits per heavy atom. The van der Waals surface area contributed by atoms with Crippen LogP contribution in [0.2, 0.25) is 0 Å². The van der Waals surface area contributed by atoms with Gasteiger partial charge in [-0.05, 0) is 49.1 Å². The number of aromatic amines is 1. The Morgan fingerprint density at radius 2 is 2.03 bits per heavy atom. The molecule has 152 valence electrons. The van der Waals surface area contributed by atoms with Crippen LogP contribution in [0.1, 0.15) is 36.4 Å². The molecule has 1 aliphatic rings. The highest BCUT2D eigenvalue weighted by Crippen LogP contribution is 2.30. The van der Waals surface area contributed by atoms with Crippen LogP contribution >= 0.6 is 0 Å². The predicted molar refractivity (Wildman–Crippen MR) is 109 cm³/mol. The number of nitrogens with zero attached hydrogens (tertiary/aromatic N) is 3. The lowest BCUT2D eigenvalue weighted by Crippen LogP contribution is -2.39. The molecule has 3 N–H and O–H groups in total. The summed E-state index contributed by atoms with van der Waals surface area (Å²) in [5.41, 5.74) is 2.66. The molecule has 4 rings (SSSR count). The quantitative estimate of drug-likeness (QED) is 0.662. The fourth-order valence-corrected chi connectivity index (χ4v) is 4.39. The molecule has 9 heteroatoms. The second-order valence-electron chi connectivity index (χ2n) is 7.38. The number of fused-ring (bicyclic) bond motifs is 1. The molecule has 0 spiro atoms. The van der Waals surface area contributed by atoms with E-state index in [4.69, 9.17) is 5.14 Å². The number of hydrogen-bond acceptors (Lipinski definition) is 5. The Morgan fingerprint density at radius 1 is 1.24 bits per heavy atom. The van der Waals surface area contributed by atoms with Crippen molar-refractivity contribution in [3.05, 3.63) is 53.9 Å². The van der Waals surface area contributed by atoms with Gasteiger partial charge in [-0.2, -0.15) is 5.10 Å². The van der Waals surface area contributed by atoms with Crippen LogP contribution in [0.15, 0.2) is 47.5 Å². The van der Waals surface area contributed by atoms with Crippen molar-refractivity contribution < 1.29 is 13.2 Å². The van der Waals surface area contributed by atoms with Crippen molar-refractivity contribution in [1.29, 1.82) is 0 Å². The van der Waals surface area contributed by atoms with Gasteiger partial charge in [0.15, 0.2) is 5.65 Å². The van der Waals surface area contributed by atoms with Crippen molar-refractivity contribution in [3.8, 4) is 0 Å². The number of amides is 1. The van der Waals surface area contributed by atoms with Crippen molar-refractivity contribution >= 4 is 27.0 Å². The zero-order valence-electron chi connectivity index (χ0n) is 15.9. The summed E-state index contributed by atoms with van der Waals surface area (Å²) in [7, 11) is -3.70. The number of benzene rings is 1. The van der Waals surface area contributed by atoms with Gasteiger partial charge in [0.05, 0.1) is 4.90 Å². The van der Waals surface area contributed by atoms with E-state index in [1.54, 1.807) is 18.3 Å². The van der Waals surface area contributed by atoms with Crippen LogP contribution in [0.5, 0.6) is 0 Å². The van der Waals surface area contributed by atoms with Gasteiger partial charge in [0.2, 0.25) is 15.9 Å². The first-order chi connectivity index (χ1) is 13.9. The van der Waals surface area contributed by atoms with Crippen LogP contribution < -0.4 is 5.14 Å². The second kappa shape index (κ2) is 7.92. The maximum absolute atomic E-state index is 12.7. The van der Waals surface area contributed by atoms with Gasteiger partial charge >= 0.3 is 0 Å². The van der Waals surface area contributed by atoms with Gasteiger partial charge in [0.1, 0.15) is 0 Å². The van der Waals surface area contributed by atoms with E-state index in [1.807, 2.05) is 17.0 Å². The van der Waals surface area contributed by atoms with E-state index >= 15 is 0 Å². The number of aryl methyl sites for hydroxylation is 1. The van der Waals surface area contributed by atoms with E-state index in [0.717, 1.165) is 36.0 Å². The highest BCUT2D eigenvalue weighted by molar-refractivity contribution is 7.89. The van der Waals surface area contributed by atoms with Gasteiger partial charge in [-0.25, -0.2) is 18.5 Å². The number of rotatable bonds is 5. The van der Waals surface area contributed by atoms with Gasteiger partial charge < -0.3 is 4.90 Å². The van der Waals surface area contributed by atoms with Crippen molar-refractivity contribution in [2.75, 3.05) is 13.1 Å². The van der Waals surface area contributed by atoms with Crippen LogP contribution in [0.4, 0.5) is 0 Å². The summed E-state index contributed by atoms with van der Waals surface area (Å²) >= 11 is 0. The summed E-state index contributed by atoms with van der Waals surface area (Å²) < 4.78 is 22.7. The second-order valence-corrected chi connectivity index (χ2v) is 8.94. The number of aromatic nitrogens is 3. The smallest absolute Gasteiger partial charge is 0.238 e. The Labute approximate surface area is 169 Å². The normalized spacial score (nSPS) is 17.6. The summed E-state index contributed by atoms with van der Waals surface area (Å²) in [5, 5.41) is 13.5. The number of H-pyrrole nitrogens is 1. The zero-order chi connectivity index (χ0) is 20.4. The van der Waals surface area contributed by atoms with E-state index in [2.05, 4.69) is 15.2 Å². The monoisotopic (exact) mass is 413 g/mol. The highest BCUT2D eigenvalue weighted by atomic mass is 32.2. The lowest BCUT2D eigenvalue weighted by atomic mass is 9.93. The first kappa shape index (κ1) is 19.5. The Hall–Kier alpha value is -2.78.